The van der Waals surface area contributed by atoms with Crippen LogP contribution in [0.4, 0.5) is 5.69 Å². The summed E-state index contributed by atoms with van der Waals surface area (Å²) in [7, 11) is 0. The monoisotopic (exact) mass is 364 g/mol. The summed E-state index contributed by atoms with van der Waals surface area (Å²) in [6, 6.07) is 6.99. The average molecular weight is 365 g/mol. The molecule has 0 saturated heterocycles. The number of aryl methyl sites for hydroxylation is 1. The van der Waals surface area contributed by atoms with Crippen LogP contribution in [0, 0.1) is 12.8 Å². The summed E-state index contributed by atoms with van der Waals surface area (Å²) in [6.45, 7) is 6.80. The van der Waals surface area contributed by atoms with E-state index < -0.39 is 0 Å². The van der Waals surface area contributed by atoms with E-state index in [2.05, 4.69) is 18.8 Å². The molecule has 0 radical (unpaired) electrons. The van der Waals surface area contributed by atoms with Gasteiger partial charge in [-0.1, -0.05) is 49.9 Å². The van der Waals surface area contributed by atoms with Crippen LogP contribution in [0.5, 0.6) is 0 Å². The number of rotatable bonds is 6. The molecule has 2 aromatic rings. The quantitative estimate of drug-likeness (QED) is 0.650. The van der Waals surface area contributed by atoms with Gasteiger partial charge in [0.25, 0.3) is 5.91 Å². The summed E-state index contributed by atoms with van der Waals surface area (Å²) in [5, 5.41) is 1.04. The van der Waals surface area contributed by atoms with Gasteiger partial charge < -0.3 is 4.90 Å². The molecule has 0 aliphatic carbocycles. The lowest BCUT2D eigenvalue weighted by Crippen LogP contribution is -2.35. The predicted molar refractivity (Wildman–Crippen MR) is 101 cm³/mol. The van der Waals surface area contributed by atoms with Crippen LogP contribution in [-0.2, 0) is 0 Å². The largest absolute Gasteiger partial charge is 0.308 e. The van der Waals surface area contributed by atoms with Crippen LogP contribution in [0.25, 0.3) is 0 Å². The van der Waals surface area contributed by atoms with Gasteiger partial charge in [0, 0.05) is 40.2 Å². The Morgan fingerprint density at radius 3 is 2.33 bits per heavy atom. The summed E-state index contributed by atoms with van der Waals surface area (Å²) in [5.74, 6) is 0.356. The van der Waals surface area contributed by atoms with Crippen LogP contribution in [0.15, 0.2) is 36.7 Å². The Hall–Kier alpha value is -1.58. The van der Waals surface area contributed by atoms with Crippen molar-refractivity contribution in [1.29, 1.82) is 0 Å². The molecule has 0 bridgehead atoms. The first-order chi connectivity index (χ1) is 11.5. The topological polar surface area (TPSA) is 33.2 Å². The van der Waals surface area contributed by atoms with E-state index in [1.54, 1.807) is 41.6 Å². The third-order valence-corrected chi connectivity index (χ3v) is 4.69. The molecule has 0 aliphatic rings. The van der Waals surface area contributed by atoms with Gasteiger partial charge in [0.2, 0.25) is 0 Å². The zero-order valence-electron chi connectivity index (χ0n) is 14.2. The first-order valence-electron chi connectivity index (χ1n) is 8.14. The van der Waals surface area contributed by atoms with Crippen molar-refractivity contribution in [2.24, 2.45) is 5.92 Å². The number of carbonyl (C=O) groups is 1. The van der Waals surface area contributed by atoms with Gasteiger partial charge in [-0.25, -0.2) is 0 Å². The summed E-state index contributed by atoms with van der Waals surface area (Å²) in [5.41, 5.74) is 2.22. The van der Waals surface area contributed by atoms with Crippen molar-refractivity contribution < 1.29 is 4.79 Å². The Morgan fingerprint density at radius 1 is 1.17 bits per heavy atom. The molecule has 1 aromatic carbocycles. The molecule has 0 unspecified atom stereocenters. The van der Waals surface area contributed by atoms with Crippen LogP contribution >= 0.6 is 23.2 Å². The number of nitrogens with zero attached hydrogens (tertiary/aromatic N) is 2. The molecule has 1 aromatic heterocycles. The van der Waals surface area contributed by atoms with E-state index in [0.29, 0.717) is 28.1 Å². The highest BCUT2D eigenvalue weighted by atomic mass is 35.5. The number of aromatic nitrogens is 1. The SMILES string of the molecule is CCC(CC)CN(C(=O)c1ccncc1C)c1cc(Cl)cc(Cl)c1. The molecule has 0 aliphatic heterocycles. The van der Waals surface area contributed by atoms with Gasteiger partial charge in [-0.05, 0) is 42.7 Å². The third kappa shape index (κ3) is 4.49. The number of hydrogen-bond acceptors (Lipinski definition) is 2. The number of anilines is 1. The third-order valence-electron chi connectivity index (χ3n) is 4.25. The molecule has 1 amide bonds. The second kappa shape index (κ2) is 8.50. The minimum Gasteiger partial charge on any atom is -0.308 e. The number of pyridine rings is 1. The van der Waals surface area contributed by atoms with Crippen molar-refractivity contribution in [2.45, 2.75) is 33.6 Å². The van der Waals surface area contributed by atoms with Crippen molar-refractivity contribution in [1.82, 2.24) is 4.98 Å². The molecule has 24 heavy (non-hydrogen) atoms. The lowest BCUT2D eigenvalue weighted by atomic mass is 10.0. The van der Waals surface area contributed by atoms with E-state index in [9.17, 15) is 4.79 Å². The Morgan fingerprint density at radius 2 is 1.79 bits per heavy atom. The average Bonchev–Trinajstić information content (AvgIpc) is 2.55. The Labute approximate surface area is 153 Å². The Kier molecular flexibility index (Phi) is 6.64. The van der Waals surface area contributed by atoms with Crippen LogP contribution in [-0.4, -0.2) is 17.4 Å². The van der Waals surface area contributed by atoms with Crippen LogP contribution in [0.2, 0.25) is 10.0 Å². The zero-order chi connectivity index (χ0) is 17.7. The van der Waals surface area contributed by atoms with Crippen LogP contribution in [0.1, 0.15) is 42.6 Å². The number of benzene rings is 1. The van der Waals surface area contributed by atoms with Gasteiger partial charge in [-0.15, -0.1) is 0 Å². The van der Waals surface area contributed by atoms with E-state index in [0.717, 1.165) is 24.1 Å². The van der Waals surface area contributed by atoms with E-state index in [4.69, 9.17) is 23.2 Å². The lowest BCUT2D eigenvalue weighted by molar-refractivity contribution is 0.0981. The molecule has 3 nitrogen and oxygen atoms in total. The zero-order valence-corrected chi connectivity index (χ0v) is 15.7. The van der Waals surface area contributed by atoms with Crippen molar-refractivity contribution in [3.63, 3.8) is 0 Å². The van der Waals surface area contributed by atoms with Crippen LogP contribution < -0.4 is 4.90 Å². The summed E-state index contributed by atoms with van der Waals surface area (Å²) in [6.07, 6.45) is 5.35. The minimum atomic E-state index is -0.0554. The van der Waals surface area contributed by atoms with Crippen molar-refractivity contribution in [3.8, 4) is 0 Å². The maximum atomic E-state index is 13.2. The van der Waals surface area contributed by atoms with E-state index in [-0.39, 0.29) is 5.91 Å². The van der Waals surface area contributed by atoms with Gasteiger partial charge in [-0.2, -0.15) is 0 Å². The van der Waals surface area contributed by atoms with Gasteiger partial charge in [-0.3, -0.25) is 9.78 Å². The lowest BCUT2D eigenvalue weighted by Gasteiger charge is -2.28. The molecule has 0 atom stereocenters. The standard InChI is InChI=1S/C19H22Cl2N2O/c1-4-14(5-2)12-23(17-9-15(20)8-16(21)10-17)19(24)18-6-7-22-11-13(18)3/h6-11,14H,4-5,12H2,1-3H3. The molecule has 0 N–H and O–H groups in total. The number of carbonyl (C=O) groups excluding carboxylic acids is 1. The van der Waals surface area contributed by atoms with Gasteiger partial charge in [0.15, 0.2) is 0 Å². The highest BCUT2D eigenvalue weighted by Crippen LogP contribution is 2.28. The number of halogens is 2. The van der Waals surface area contributed by atoms with Crippen molar-refractivity contribution >= 4 is 34.8 Å². The fraction of sp³-hybridized carbons (Fsp3) is 0.368. The highest BCUT2D eigenvalue weighted by Gasteiger charge is 2.22. The Bertz CT molecular complexity index is 694. The van der Waals surface area contributed by atoms with E-state index in [1.807, 2.05) is 6.92 Å². The molecule has 0 saturated carbocycles. The molecule has 2 rings (SSSR count). The first kappa shape index (κ1) is 18.8. The molecule has 0 spiro atoms. The molecule has 5 heteroatoms. The van der Waals surface area contributed by atoms with Gasteiger partial charge in [0.05, 0.1) is 0 Å². The summed E-state index contributed by atoms with van der Waals surface area (Å²) in [4.78, 5) is 19.0. The maximum absolute atomic E-state index is 13.2. The fourth-order valence-electron chi connectivity index (χ4n) is 2.66. The normalized spacial score (nSPS) is 10.9. The van der Waals surface area contributed by atoms with Crippen LogP contribution in [0.3, 0.4) is 0 Å². The van der Waals surface area contributed by atoms with E-state index in [1.165, 1.54) is 0 Å². The fourth-order valence-corrected chi connectivity index (χ4v) is 3.18. The number of hydrogen-bond donors (Lipinski definition) is 0. The Balaban J connectivity index is 2.46. The second-order valence-corrected chi connectivity index (χ2v) is 6.79. The molecule has 1 heterocycles. The van der Waals surface area contributed by atoms with Gasteiger partial charge in [0.1, 0.15) is 0 Å². The number of amides is 1. The first-order valence-corrected chi connectivity index (χ1v) is 8.90. The maximum Gasteiger partial charge on any atom is 0.258 e. The molecule has 128 valence electrons. The van der Waals surface area contributed by atoms with Crippen molar-refractivity contribution in [3.05, 3.63) is 57.8 Å². The minimum absolute atomic E-state index is 0.0554. The van der Waals surface area contributed by atoms with Gasteiger partial charge >= 0.3 is 0 Å². The summed E-state index contributed by atoms with van der Waals surface area (Å²) < 4.78 is 0. The summed E-state index contributed by atoms with van der Waals surface area (Å²) >= 11 is 12.3. The molecular weight excluding hydrogens is 343 g/mol. The molecule has 0 fully saturated rings. The highest BCUT2D eigenvalue weighted by molar-refractivity contribution is 6.35. The molecular formula is C19H22Cl2N2O. The smallest absolute Gasteiger partial charge is 0.258 e. The van der Waals surface area contributed by atoms with Crippen molar-refractivity contribution in [2.75, 3.05) is 11.4 Å². The second-order valence-electron chi connectivity index (χ2n) is 5.92. The van der Waals surface area contributed by atoms with E-state index >= 15 is 0 Å². The predicted octanol–water partition coefficient (Wildman–Crippen LogP) is 5.78.